The van der Waals surface area contributed by atoms with E-state index in [0.29, 0.717) is 41.0 Å². The highest BCUT2D eigenvalue weighted by Gasteiger charge is 2.14. The van der Waals surface area contributed by atoms with Crippen LogP contribution in [0, 0.1) is 6.92 Å². The molecule has 0 aliphatic rings. The normalized spacial score (nSPS) is 11.0. The Labute approximate surface area is 171 Å². The van der Waals surface area contributed by atoms with Gasteiger partial charge in [0, 0.05) is 30.3 Å². The lowest BCUT2D eigenvalue weighted by Gasteiger charge is -2.10. The second kappa shape index (κ2) is 7.92. The molecule has 0 fully saturated rings. The molecule has 3 aromatic heterocycles. The number of carbonyl (C=O) groups is 1. The van der Waals surface area contributed by atoms with Crippen LogP contribution in [0.3, 0.4) is 0 Å². The van der Waals surface area contributed by atoms with Crippen molar-refractivity contribution >= 4 is 28.6 Å². The number of fused-ring (bicyclic) bond motifs is 1. The van der Waals surface area contributed by atoms with Crippen molar-refractivity contribution in [1.29, 1.82) is 0 Å². The standard InChI is InChI=1S/C20H18ClN5O3/c1-12-10-26(11-23-12)16-6-5-15(25-20(16)28-2)19(27)22-8-7-18-24-14-4-3-13(21)9-17(14)29-18/h3-6,9-11H,7-8H2,1-2H3,(H,22,27). The number of methoxy groups -OCH3 is 1. The highest BCUT2D eigenvalue weighted by molar-refractivity contribution is 6.31. The lowest BCUT2D eigenvalue weighted by atomic mass is 10.3. The molecule has 0 aliphatic carbocycles. The van der Waals surface area contributed by atoms with E-state index in [-0.39, 0.29) is 11.6 Å². The summed E-state index contributed by atoms with van der Waals surface area (Å²) in [5.74, 6) is 0.556. The minimum Gasteiger partial charge on any atom is -0.479 e. The third-order valence-corrected chi connectivity index (χ3v) is 4.51. The fourth-order valence-electron chi connectivity index (χ4n) is 2.89. The van der Waals surface area contributed by atoms with Crippen molar-refractivity contribution in [3.05, 3.63) is 65.2 Å². The first-order valence-corrected chi connectivity index (χ1v) is 9.30. The molecule has 3 heterocycles. The number of rotatable bonds is 6. The summed E-state index contributed by atoms with van der Waals surface area (Å²) in [6.07, 6.45) is 3.97. The third-order valence-electron chi connectivity index (χ3n) is 4.28. The number of carbonyl (C=O) groups excluding carboxylic acids is 1. The maximum Gasteiger partial charge on any atom is 0.270 e. The van der Waals surface area contributed by atoms with Crippen molar-refractivity contribution in [3.8, 4) is 11.6 Å². The fraction of sp³-hybridized carbons (Fsp3) is 0.200. The molecule has 1 aromatic carbocycles. The molecule has 0 spiro atoms. The van der Waals surface area contributed by atoms with Crippen LogP contribution in [0.4, 0.5) is 0 Å². The summed E-state index contributed by atoms with van der Waals surface area (Å²) in [7, 11) is 1.51. The number of benzene rings is 1. The molecule has 1 N–H and O–H groups in total. The van der Waals surface area contributed by atoms with Crippen molar-refractivity contribution in [2.75, 3.05) is 13.7 Å². The van der Waals surface area contributed by atoms with Crippen LogP contribution in [0.1, 0.15) is 22.1 Å². The van der Waals surface area contributed by atoms with Gasteiger partial charge in [-0.15, -0.1) is 0 Å². The first-order valence-electron chi connectivity index (χ1n) is 8.92. The van der Waals surface area contributed by atoms with Crippen molar-refractivity contribution < 1.29 is 13.9 Å². The number of pyridine rings is 1. The molecule has 4 aromatic rings. The van der Waals surface area contributed by atoms with E-state index in [1.807, 2.05) is 13.1 Å². The predicted octanol–water partition coefficient (Wildman–Crippen LogP) is 3.35. The number of aryl methyl sites for hydroxylation is 1. The average molecular weight is 412 g/mol. The highest BCUT2D eigenvalue weighted by atomic mass is 35.5. The van der Waals surface area contributed by atoms with Gasteiger partial charge in [-0.3, -0.25) is 4.79 Å². The van der Waals surface area contributed by atoms with Crippen LogP contribution < -0.4 is 10.1 Å². The molecule has 9 heteroatoms. The molecule has 148 valence electrons. The summed E-state index contributed by atoms with van der Waals surface area (Å²) in [4.78, 5) is 25.3. The van der Waals surface area contributed by atoms with Crippen molar-refractivity contribution in [2.24, 2.45) is 0 Å². The van der Waals surface area contributed by atoms with Gasteiger partial charge in [0.05, 0.1) is 19.1 Å². The molecule has 4 rings (SSSR count). The van der Waals surface area contributed by atoms with Gasteiger partial charge >= 0.3 is 0 Å². The van der Waals surface area contributed by atoms with Gasteiger partial charge in [0.2, 0.25) is 5.88 Å². The average Bonchev–Trinajstić information content (AvgIpc) is 3.32. The Balaban J connectivity index is 1.42. The second-order valence-electron chi connectivity index (χ2n) is 6.37. The lowest BCUT2D eigenvalue weighted by molar-refractivity contribution is 0.0948. The minimum absolute atomic E-state index is 0.256. The molecule has 0 saturated heterocycles. The molecular formula is C20H18ClN5O3. The van der Waals surface area contributed by atoms with Gasteiger partial charge in [0.15, 0.2) is 11.5 Å². The lowest BCUT2D eigenvalue weighted by Crippen LogP contribution is -2.26. The van der Waals surface area contributed by atoms with Crippen LogP contribution >= 0.6 is 11.6 Å². The van der Waals surface area contributed by atoms with Gasteiger partial charge in [0.1, 0.15) is 16.9 Å². The van der Waals surface area contributed by atoms with Crippen molar-refractivity contribution in [1.82, 2.24) is 24.8 Å². The van der Waals surface area contributed by atoms with Gasteiger partial charge in [-0.25, -0.2) is 15.0 Å². The van der Waals surface area contributed by atoms with Crippen LogP contribution in [-0.2, 0) is 6.42 Å². The van der Waals surface area contributed by atoms with E-state index in [4.69, 9.17) is 20.8 Å². The monoisotopic (exact) mass is 411 g/mol. The first kappa shape index (κ1) is 18.9. The second-order valence-corrected chi connectivity index (χ2v) is 6.81. The molecule has 0 saturated carbocycles. The SMILES string of the molecule is COc1nc(C(=O)NCCc2nc3ccc(Cl)cc3o2)ccc1-n1cnc(C)c1. The van der Waals surface area contributed by atoms with E-state index >= 15 is 0 Å². The zero-order valence-electron chi connectivity index (χ0n) is 15.8. The van der Waals surface area contributed by atoms with E-state index in [0.717, 1.165) is 11.2 Å². The summed E-state index contributed by atoms with van der Waals surface area (Å²) in [5.41, 5.74) is 3.18. The quantitative estimate of drug-likeness (QED) is 0.522. The molecule has 0 atom stereocenters. The van der Waals surface area contributed by atoms with E-state index < -0.39 is 0 Å². The number of imidazole rings is 1. The number of aromatic nitrogens is 4. The zero-order valence-corrected chi connectivity index (χ0v) is 16.6. The predicted molar refractivity (Wildman–Crippen MR) is 108 cm³/mol. The Morgan fingerprint density at radius 3 is 2.90 bits per heavy atom. The Bertz CT molecular complexity index is 1180. The largest absolute Gasteiger partial charge is 0.479 e. The zero-order chi connectivity index (χ0) is 20.4. The molecule has 1 amide bonds. The number of nitrogens with one attached hydrogen (secondary N) is 1. The van der Waals surface area contributed by atoms with Crippen LogP contribution in [0.25, 0.3) is 16.8 Å². The number of hydrogen-bond donors (Lipinski definition) is 1. The number of hydrogen-bond acceptors (Lipinski definition) is 6. The molecule has 0 bridgehead atoms. The molecule has 0 aliphatic heterocycles. The summed E-state index contributed by atoms with van der Waals surface area (Å²) < 4.78 is 12.8. The van der Waals surface area contributed by atoms with E-state index in [2.05, 4.69) is 20.3 Å². The molecule has 0 unspecified atom stereocenters. The number of oxazole rings is 1. The van der Waals surface area contributed by atoms with Gasteiger partial charge < -0.3 is 19.0 Å². The van der Waals surface area contributed by atoms with Gasteiger partial charge in [-0.05, 0) is 31.2 Å². The fourth-order valence-corrected chi connectivity index (χ4v) is 3.05. The minimum atomic E-state index is -0.309. The van der Waals surface area contributed by atoms with E-state index in [9.17, 15) is 4.79 Å². The first-order chi connectivity index (χ1) is 14.0. The maximum absolute atomic E-state index is 12.5. The Kier molecular flexibility index (Phi) is 5.18. The summed E-state index contributed by atoms with van der Waals surface area (Å²) in [6, 6.07) is 8.68. The molecule has 29 heavy (non-hydrogen) atoms. The van der Waals surface area contributed by atoms with Gasteiger partial charge in [-0.1, -0.05) is 11.6 Å². The summed E-state index contributed by atoms with van der Waals surface area (Å²) in [5, 5.41) is 3.40. The summed E-state index contributed by atoms with van der Waals surface area (Å²) >= 11 is 5.95. The molecular weight excluding hydrogens is 394 g/mol. The Morgan fingerprint density at radius 1 is 1.28 bits per heavy atom. The molecule has 8 nitrogen and oxygen atoms in total. The van der Waals surface area contributed by atoms with E-state index in [1.165, 1.54) is 7.11 Å². The Hall–Kier alpha value is -3.39. The topological polar surface area (TPSA) is 95.1 Å². The van der Waals surface area contributed by atoms with Crippen LogP contribution in [-0.4, -0.2) is 39.1 Å². The molecule has 0 radical (unpaired) electrons. The van der Waals surface area contributed by atoms with E-state index in [1.54, 1.807) is 41.2 Å². The van der Waals surface area contributed by atoms with Crippen LogP contribution in [0.5, 0.6) is 5.88 Å². The van der Waals surface area contributed by atoms with Gasteiger partial charge in [0.25, 0.3) is 5.91 Å². The highest BCUT2D eigenvalue weighted by Crippen LogP contribution is 2.22. The maximum atomic E-state index is 12.5. The van der Waals surface area contributed by atoms with Crippen molar-refractivity contribution in [2.45, 2.75) is 13.3 Å². The number of halogens is 1. The number of amides is 1. The number of ether oxygens (including phenoxy) is 1. The Morgan fingerprint density at radius 2 is 2.14 bits per heavy atom. The number of nitrogens with zero attached hydrogens (tertiary/aromatic N) is 4. The third kappa shape index (κ3) is 4.07. The van der Waals surface area contributed by atoms with Crippen molar-refractivity contribution in [3.63, 3.8) is 0 Å². The van der Waals surface area contributed by atoms with Crippen LogP contribution in [0.2, 0.25) is 5.02 Å². The summed E-state index contributed by atoms with van der Waals surface area (Å²) in [6.45, 7) is 2.25. The van der Waals surface area contributed by atoms with Gasteiger partial charge in [-0.2, -0.15) is 0 Å². The van der Waals surface area contributed by atoms with Crippen LogP contribution in [0.15, 0.2) is 47.3 Å². The smallest absolute Gasteiger partial charge is 0.270 e.